The number of pyridine rings is 1. The van der Waals surface area contributed by atoms with E-state index >= 15 is 0 Å². The highest BCUT2D eigenvalue weighted by atomic mass is 32.2. The van der Waals surface area contributed by atoms with Crippen LogP contribution in [0.5, 0.6) is 0 Å². The van der Waals surface area contributed by atoms with E-state index in [4.69, 9.17) is 9.47 Å². The van der Waals surface area contributed by atoms with Crippen LogP contribution >= 0.6 is 11.3 Å². The molecule has 3 atom stereocenters. The summed E-state index contributed by atoms with van der Waals surface area (Å²) in [7, 11) is -3.97. The number of ether oxygens (including phenoxy) is 2. The van der Waals surface area contributed by atoms with Gasteiger partial charge in [0.05, 0.1) is 54.9 Å². The fourth-order valence-corrected chi connectivity index (χ4v) is 7.13. The Hall–Kier alpha value is -2.30. The molecule has 0 saturated carbocycles. The van der Waals surface area contributed by atoms with Gasteiger partial charge in [0.25, 0.3) is 6.43 Å². The first kappa shape index (κ1) is 25.0. The zero-order chi connectivity index (χ0) is 25.9. The van der Waals surface area contributed by atoms with Crippen LogP contribution in [0.4, 0.5) is 14.5 Å². The van der Waals surface area contributed by atoms with Crippen LogP contribution in [0, 0.1) is 0 Å². The van der Waals surface area contributed by atoms with E-state index in [1.165, 1.54) is 6.20 Å². The average Bonchev–Trinajstić information content (AvgIpc) is 3.54. The highest BCUT2D eigenvalue weighted by Gasteiger charge is 2.45. The van der Waals surface area contributed by atoms with Crippen molar-refractivity contribution >= 4 is 32.6 Å². The van der Waals surface area contributed by atoms with Gasteiger partial charge in [-0.05, 0) is 19.9 Å². The molecule has 3 aromatic heterocycles. The summed E-state index contributed by atoms with van der Waals surface area (Å²) >= 11 is 0.732. The predicted octanol–water partition coefficient (Wildman–Crippen LogP) is 1.77. The molecular weight excluding hydrogens is 528 g/mol. The standard InChI is InChI=1S/C22H27F2N7O4S2/c1-13-22(2,12-35-13)28-37(32,33)15-7-16(30-4-3-29-5-6-34-11-14(29)9-30)17-8-25-19(31(17)10-15)21-27-26-20(36-21)18(23)24/h7-8,10,13-14,18,28H,3-6,9,11-12H2,1-2H3/t13?,14-,22?/m1/s1. The Morgan fingerprint density at radius 2 is 2.11 bits per heavy atom. The Kier molecular flexibility index (Phi) is 6.19. The normalized spacial score (nSPS) is 27.0. The number of piperazine rings is 1. The van der Waals surface area contributed by atoms with E-state index in [1.54, 1.807) is 23.6 Å². The van der Waals surface area contributed by atoms with E-state index in [1.807, 2.05) is 6.92 Å². The molecule has 0 amide bonds. The Labute approximate surface area is 216 Å². The van der Waals surface area contributed by atoms with E-state index in [0.29, 0.717) is 37.5 Å². The second-order valence-corrected chi connectivity index (χ2v) is 12.5. The van der Waals surface area contributed by atoms with Gasteiger partial charge in [0, 0.05) is 32.4 Å². The fraction of sp³-hybridized carbons (Fsp3) is 0.591. The molecule has 3 saturated heterocycles. The lowest BCUT2D eigenvalue weighted by Crippen LogP contribution is -2.65. The first-order chi connectivity index (χ1) is 17.6. The number of hydrogen-bond acceptors (Lipinski definition) is 10. The molecule has 15 heteroatoms. The van der Waals surface area contributed by atoms with Crippen LogP contribution in [-0.2, 0) is 19.5 Å². The third kappa shape index (κ3) is 4.40. The monoisotopic (exact) mass is 555 g/mol. The van der Waals surface area contributed by atoms with Gasteiger partial charge in [0.1, 0.15) is 4.90 Å². The molecule has 11 nitrogen and oxygen atoms in total. The maximum atomic E-state index is 13.6. The van der Waals surface area contributed by atoms with Crippen LogP contribution in [0.3, 0.4) is 0 Å². The highest BCUT2D eigenvalue weighted by Crippen LogP contribution is 2.35. The van der Waals surface area contributed by atoms with Gasteiger partial charge in [-0.1, -0.05) is 11.3 Å². The minimum absolute atomic E-state index is 0.0375. The molecule has 3 aliphatic heterocycles. The maximum Gasteiger partial charge on any atom is 0.291 e. The molecule has 0 aliphatic carbocycles. The second kappa shape index (κ2) is 9.17. The number of nitrogens with one attached hydrogen (secondary N) is 1. The average molecular weight is 556 g/mol. The third-order valence-corrected chi connectivity index (χ3v) is 9.91. The van der Waals surface area contributed by atoms with Gasteiger partial charge in [-0.25, -0.2) is 26.9 Å². The number of alkyl halides is 2. The largest absolute Gasteiger partial charge is 0.378 e. The number of anilines is 1. The molecular formula is C22H27F2N7O4S2. The second-order valence-electron chi connectivity index (χ2n) is 9.83. The van der Waals surface area contributed by atoms with Gasteiger partial charge >= 0.3 is 0 Å². The zero-order valence-corrected chi connectivity index (χ0v) is 21.9. The molecule has 0 aromatic carbocycles. The third-order valence-electron chi connectivity index (χ3n) is 7.40. The molecule has 6 rings (SSSR count). The van der Waals surface area contributed by atoms with Crippen LogP contribution in [0.25, 0.3) is 16.3 Å². The maximum absolute atomic E-state index is 13.6. The molecule has 2 unspecified atom stereocenters. The lowest BCUT2D eigenvalue weighted by molar-refractivity contribution is -0.120. The lowest BCUT2D eigenvalue weighted by atomic mass is 9.93. The number of aromatic nitrogens is 4. The lowest BCUT2D eigenvalue weighted by Gasteiger charge is -2.45. The van der Waals surface area contributed by atoms with Gasteiger partial charge in [0.2, 0.25) is 10.0 Å². The summed E-state index contributed by atoms with van der Waals surface area (Å²) in [4.78, 5) is 9.00. The number of fused-ring (bicyclic) bond motifs is 2. The van der Waals surface area contributed by atoms with Gasteiger partial charge in [0.15, 0.2) is 15.8 Å². The summed E-state index contributed by atoms with van der Waals surface area (Å²) in [5.74, 6) is 0.254. The summed E-state index contributed by atoms with van der Waals surface area (Å²) < 4.78 is 69.0. The fourth-order valence-electron chi connectivity index (χ4n) is 4.97. The van der Waals surface area contributed by atoms with E-state index in [2.05, 4.69) is 29.7 Å². The molecule has 3 fully saturated rings. The first-order valence-corrected chi connectivity index (χ1v) is 14.3. The topological polar surface area (TPSA) is 114 Å². The number of imidazole rings is 1. The molecule has 0 bridgehead atoms. The molecule has 0 radical (unpaired) electrons. The summed E-state index contributed by atoms with van der Waals surface area (Å²) in [6, 6.07) is 1.84. The van der Waals surface area contributed by atoms with Crippen molar-refractivity contribution in [1.29, 1.82) is 0 Å². The van der Waals surface area contributed by atoms with Gasteiger partial charge < -0.3 is 14.4 Å². The number of sulfonamides is 1. The van der Waals surface area contributed by atoms with Crippen molar-refractivity contribution in [3.8, 4) is 10.8 Å². The van der Waals surface area contributed by atoms with E-state index in [-0.39, 0.29) is 34.5 Å². The molecule has 3 aromatic rings. The molecule has 3 aliphatic rings. The molecule has 37 heavy (non-hydrogen) atoms. The van der Waals surface area contributed by atoms with Crippen molar-refractivity contribution in [2.75, 3.05) is 50.9 Å². The van der Waals surface area contributed by atoms with Crippen LogP contribution < -0.4 is 9.62 Å². The van der Waals surface area contributed by atoms with Crippen molar-refractivity contribution in [2.45, 2.75) is 42.9 Å². The predicted molar refractivity (Wildman–Crippen MR) is 132 cm³/mol. The number of morpholine rings is 1. The first-order valence-electron chi connectivity index (χ1n) is 12.0. The summed E-state index contributed by atoms with van der Waals surface area (Å²) in [5, 5.41) is 7.23. The molecule has 200 valence electrons. The van der Waals surface area contributed by atoms with Crippen molar-refractivity contribution in [3.05, 3.63) is 23.5 Å². The van der Waals surface area contributed by atoms with Crippen molar-refractivity contribution < 1.29 is 26.7 Å². The number of nitrogens with zero attached hydrogens (tertiary/aromatic N) is 6. The van der Waals surface area contributed by atoms with Gasteiger partial charge in [-0.15, -0.1) is 10.2 Å². The highest BCUT2D eigenvalue weighted by molar-refractivity contribution is 7.89. The number of hydrogen-bond donors (Lipinski definition) is 1. The van der Waals surface area contributed by atoms with Crippen LogP contribution in [0.15, 0.2) is 23.4 Å². The minimum atomic E-state index is -3.97. The van der Waals surface area contributed by atoms with E-state index in [0.717, 1.165) is 24.4 Å². The smallest absolute Gasteiger partial charge is 0.291 e. The number of rotatable bonds is 6. The van der Waals surface area contributed by atoms with E-state index in [9.17, 15) is 17.2 Å². The Bertz CT molecular complexity index is 1430. The molecule has 0 spiro atoms. The quantitative estimate of drug-likeness (QED) is 0.486. The van der Waals surface area contributed by atoms with Crippen molar-refractivity contribution in [2.24, 2.45) is 0 Å². The SMILES string of the molecule is CC1OCC1(C)NS(=O)(=O)c1cc(N2CCN3CCOC[C@H]3C2)c2cnc(-c3nnc(C(F)F)s3)n2c1. The van der Waals surface area contributed by atoms with Gasteiger partial charge in [-0.2, -0.15) is 0 Å². The summed E-state index contributed by atoms with van der Waals surface area (Å²) in [6.45, 7) is 8.23. The van der Waals surface area contributed by atoms with Crippen LogP contribution in [-0.4, -0.2) is 96.6 Å². The van der Waals surface area contributed by atoms with Gasteiger partial charge in [-0.3, -0.25) is 9.30 Å². The van der Waals surface area contributed by atoms with Crippen LogP contribution in [0.1, 0.15) is 25.3 Å². The zero-order valence-electron chi connectivity index (χ0n) is 20.3. The summed E-state index contributed by atoms with van der Waals surface area (Å²) in [6.07, 6.45) is 0.0446. The Balaban J connectivity index is 1.45. The number of halogens is 2. The Morgan fingerprint density at radius 1 is 1.27 bits per heavy atom. The minimum Gasteiger partial charge on any atom is -0.378 e. The van der Waals surface area contributed by atoms with E-state index < -0.39 is 27.0 Å². The van der Waals surface area contributed by atoms with Crippen molar-refractivity contribution in [3.63, 3.8) is 0 Å². The Morgan fingerprint density at radius 3 is 2.81 bits per heavy atom. The summed E-state index contributed by atoms with van der Waals surface area (Å²) in [5.41, 5.74) is 0.607. The van der Waals surface area contributed by atoms with Crippen LogP contribution in [0.2, 0.25) is 0 Å². The van der Waals surface area contributed by atoms with Crippen molar-refractivity contribution in [1.82, 2.24) is 29.2 Å². The molecule has 6 heterocycles. The molecule has 1 N–H and O–H groups in total.